The van der Waals surface area contributed by atoms with Crippen molar-refractivity contribution in [2.75, 3.05) is 5.32 Å². The molecule has 0 saturated heterocycles. The molecule has 0 unspecified atom stereocenters. The predicted octanol–water partition coefficient (Wildman–Crippen LogP) is 5.61. The summed E-state index contributed by atoms with van der Waals surface area (Å²) in [5, 5.41) is 3.84. The number of pyridine rings is 2. The molecule has 0 atom stereocenters. The van der Waals surface area contributed by atoms with E-state index in [0.29, 0.717) is 27.8 Å². The van der Waals surface area contributed by atoms with E-state index in [2.05, 4.69) is 36.2 Å². The van der Waals surface area contributed by atoms with Gasteiger partial charge in [-0.25, -0.2) is 19.3 Å². The number of ether oxygens (including phenoxy) is 1. The highest BCUT2D eigenvalue weighted by Gasteiger charge is 2.19. The lowest BCUT2D eigenvalue weighted by molar-refractivity contribution is 0.102. The molecule has 1 N–H and O–H groups in total. The number of aromatic nitrogens is 5. The Hall–Kier alpha value is -4.90. The zero-order valence-electron chi connectivity index (χ0n) is 20.3. The molecule has 0 aliphatic rings. The first-order valence-corrected chi connectivity index (χ1v) is 12.5. The first-order chi connectivity index (χ1) is 18.9. The van der Waals surface area contributed by atoms with Crippen LogP contribution in [0.4, 0.5) is 10.1 Å². The molecular weight excluding hydrogens is 567 g/mol. The van der Waals surface area contributed by atoms with Gasteiger partial charge in [0.15, 0.2) is 11.6 Å². The quantitative estimate of drug-likeness (QED) is 0.282. The smallest absolute Gasteiger partial charge is 0.269 e. The van der Waals surface area contributed by atoms with E-state index in [1.54, 1.807) is 59.4 Å². The van der Waals surface area contributed by atoms with Gasteiger partial charge in [0.25, 0.3) is 11.5 Å². The van der Waals surface area contributed by atoms with Gasteiger partial charge in [-0.1, -0.05) is 15.9 Å². The summed E-state index contributed by atoms with van der Waals surface area (Å²) in [4.78, 5) is 39.4. The molecule has 6 rings (SSSR count). The summed E-state index contributed by atoms with van der Waals surface area (Å²) < 4.78 is 24.7. The van der Waals surface area contributed by atoms with E-state index >= 15 is 0 Å². The second-order valence-electron chi connectivity index (χ2n) is 8.64. The fourth-order valence-corrected chi connectivity index (χ4v) is 4.50. The Morgan fingerprint density at radius 2 is 1.82 bits per heavy atom. The van der Waals surface area contributed by atoms with Crippen LogP contribution in [0.1, 0.15) is 10.4 Å². The minimum Gasteiger partial charge on any atom is -0.435 e. The summed E-state index contributed by atoms with van der Waals surface area (Å²) in [5.74, 6) is -1.28. The van der Waals surface area contributed by atoms with Crippen LogP contribution < -0.4 is 15.6 Å². The van der Waals surface area contributed by atoms with Crippen molar-refractivity contribution in [3.05, 3.63) is 112 Å². The second kappa shape index (κ2) is 9.76. The lowest BCUT2D eigenvalue weighted by atomic mass is 10.1. The van der Waals surface area contributed by atoms with Crippen LogP contribution in [0.25, 0.3) is 27.8 Å². The first kappa shape index (κ1) is 24.4. The average Bonchev–Trinajstić information content (AvgIpc) is 3.32. The lowest BCUT2D eigenvalue weighted by Crippen LogP contribution is -2.29. The third-order valence-corrected chi connectivity index (χ3v) is 6.64. The van der Waals surface area contributed by atoms with Crippen molar-refractivity contribution >= 4 is 49.6 Å². The lowest BCUT2D eigenvalue weighted by Gasteiger charge is -2.13. The van der Waals surface area contributed by atoms with Gasteiger partial charge in [0, 0.05) is 41.1 Å². The zero-order chi connectivity index (χ0) is 27.1. The molecule has 0 fully saturated rings. The van der Waals surface area contributed by atoms with Gasteiger partial charge in [-0.15, -0.1) is 0 Å². The highest BCUT2D eigenvalue weighted by molar-refractivity contribution is 9.10. The molecule has 0 aliphatic carbocycles. The topological polar surface area (TPSA) is 104 Å². The van der Waals surface area contributed by atoms with E-state index in [1.807, 2.05) is 7.05 Å². The maximum absolute atomic E-state index is 15.0. The Labute approximate surface area is 228 Å². The molecule has 4 heterocycles. The van der Waals surface area contributed by atoms with E-state index in [-0.39, 0.29) is 22.9 Å². The first-order valence-electron chi connectivity index (χ1n) is 11.7. The third kappa shape index (κ3) is 4.53. The van der Waals surface area contributed by atoms with Crippen molar-refractivity contribution in [3.63, 3.8) is 0 Å². The number of halogens is 2. The SMILES string of the molecule is Cn1ccc2c(Oc3ccc(NC(=O)c4cc5cccnc5n(-c5ccc(Br)cc5)c4=O)cc3F)ncnc21. The number of carbonyl (C=O) groups is 1. The molecule has 0 spiro atoms. The van der Waals surface area contributed by atoms with Crippen LogP contribution in [0.3, 0.4) is 0 Å². The van der Waals surface area contributed by atoms with Crippen LogP contribution in [0.15, 0.2) is 94.7 Å². The molecule has 39 heavy (non-hydrogen) atoms. The number of aryl methyl sites for hydroxylation is 1. The number of amides is 1. The minimum atomic E-state index is -0.717. The average molecular weight is 585 g/mol. The molecular formula is C28H18BrFN6O3. The maximum Gasteiger partial charge on any atom is 0.269 e. The summed E-state index contributed by atoms with van der Waals surface area (Å²) in [7, 11) is 1.83. The fourth-order valence-electron chi connectivity index (χ4n) is 4.23. The van der Waals surface area contributed by atoms with E-state index < -0.39 is 17.3 Å². The number of hydrogen-bond donors (Lipinski definition) is 1. The zero-order valence-corrected chi connectivity index (χ0v) is 21.9. The van der Waals surface area contributed by atoms with Gasteiger partial charge in [0.1, 0.15) is 23.2 Å². The van der Waals surface area contributed by atoms with Gasteiger partial charge in [0.05, 0.1) is 11.1 Å². The van der Waals surface area contributed by atoms with Crippen molar-refractivity contribution in [2.24, 2.45) is 7.05 Å². The number of hydrogen-bond acceptors (Lipinski definition) is 6. The second-order valence-corrected chi connectivity index (χ2v) is 9.55. The minimum absolute atomic E-state index is 0.0776. The number of anilines is 1. The number of fused-ring (bicyclic) bond motifs is 2. The molecule has 0 aliphatic heterocycles. The van der Waals surface area contributed by atoms with Crippen molar-refractivity contribution in [1.29, 1.82) is 0 Å². The molecule has 11 heteroatoms. The van der Waals surface area contributed by atoms with Crippen LogP contribution in [0.5, 0.6) is 11.6 Å². The highest BCUT2D eigenvalue weighted by Crippen LogP contribution is 2.30. The summed E-state index contributed by atoms with van der Waals surface area (Å²) in [6.45, 7) is 0. The standard InChI is InChI=1S/C28H18BrFN6O3/c1-35-12-10-20-25(35)32-15-33-27(20)39-23-9-6-18(14-22(23)30)34-26(37)21-13-16-3-2-11-31-24(16)36(28(21)38)19-7-4-17(29)5-8-19/h2-15H,1H3,(H,34,37). The van der Waals surface area contributed by atoms with Crippen molar-refractivity contribution < 1.29 is 13.9 Å². The predicted molar refractivity (Wildman–Crippen MR) is 148 cm³/mol. The number of benzene rings is 2. The van der Waals surface area contributed by atoms with Gasteiger partial charge in [-0.05, 0) is 60.7 Å². The van der Waals surface area contributed by atoms with Crippen molar-refractivity contribution in [1.82, 2.24) is 24.1 Å². The van der Waals surface area contributed by atoms with Crippen molar-refractivity contribution in [3.8, 4) is 17.3 Å². The van der Waals surface area contributed by atoms with Gasteiger partial charge in [-0.2, -0.15) is 0 Å². The van der Waals surface area contributed by atoms with Crippen LogP contribution >= 0.6 is 15.9 Å². The molecule has 6 aromatic rings. The summed E-state index contributed by atoms with van der Waals surface area (Å²) in [6.07, 6.45) is 4.71. The Bertz CT molecular complexity index is 1950. The molecule has 192 valence electrons. The summed E-state index contributed by atoms with van der Waals surface area (Å²) >= 11 is 3.39. The van der Waals surface area contributed by atoms with Gasteiger partial charge >= 0.3 is 0 Å². The van der Waals surface area contributed by atoms with Gasteiger partial charge in [0.2, 0.25) is 5.88 Å². The Morgan fingerprint density at radius 1 is 1.00 bits per heavy atom. The Kier molecular flexibility index (Phi) is 6.12. The van der Waals surface area contributed by atoms with Crippen LogP contribution in [-0.4, -0.2) is 30.0 Å². The van der Waals surface area contributed by atoms with Crippen LogP contribution in [-0.2, 0) is 7.05 Å². The third-order valence-electron chi connectivity index (χ3n) is 6.11. The normalized spacial score (nSPS) is 11.2. The molecule has 0 bridgehead atoms. The fraction of sp³-hybridized carbons (Fsp3) is 0.0357. The number of nitrogens with zero attached hydrogens (tertiary/aromatic N) is 5. The molecule has 0 radical (unpaired) electrons. The van der Waals surface area contributed by atoms with E-state index in [0.717, 1.165) is 10.5 Å². The largest absolute Gasteiger partial charge is 0.435 e. The number of rotatable bonds is 5. The van der Waals surface area contributed by atoms with Crippen molar-refractivity contribution in [2.45, 2.75) is 0 Å². The molecule has 2 aromatic carbocycles. The van der Waals surface area contributed by atoms with E-state index in [9.17, 15) is 14.0 Å². The van der Waals surface area contributed by atoms with Crippen LogP contribution in [0, 0.1) is 5.82 Å². The summed E-state index contributed by atoms with van der Waals surface area (Å²) in [6, 6.07) is 17.8. The summed E-state index contributed by atoms with van der Waals surface area (Å²) in [5.41, 5.74) is 1.07. The van der Waals surface area contributed by atoms with Gasteiger partial charge in [-0.3, -0.25) is 14.2 Å². The van der Waals surface area contributed by atoms with E-state index in [1.165, 1.54) is 29.1 Å². The van der Waals surface area contributed by atoms with E-state index in [4.69, 9.17) is 4.74 Å². The Morgan fingerprint density at radius 3 is 2.62 bits per heavy atom. The van der Waals surface area contributed by atoms with Crippen LogP contribution in [0.2, 0.25) is 0 Å². The van der Waals surface area contributed by atoms with Gasteiger partial charge < -0.3 is 14.6 Å². The Balaban J connectivity index is 1.31. The highest BCUT2D eigenvalue weighted by atomic mass is 79.9. The monoisotopic (exact) mass is 584 g/mol. The molecule has 0 saturated carbocycles. The number of carbonyl (C=O) groups excluding carboxylic acids is 1. The molecule has 4 aromatic heterocycles. The number of nitrogens with one attached hydrogen (secondary N) is 1. The maximum atomic E-state index is 15.0. The molecule has 9 nitrogen and oxygen atoms in total. The molecule has 1 amide bonds.